The summed E-state index contributed by atoms with van der Waals surface area (Å²) in [5, 5.41) is 2.79. The molecule has 19 heavy (non-hydrogen) atoms. The Labute approximate surface area is 110 Å². The van der Waals surface area contributed by atoms with Gasteiger partial charge in [-0.25, -0.2) is 4.39 Å². The van der Waals surface area contributed by atoms with Gasteiger partial charge < -0.3 is 4.52 Å². The summed E-state index contributed by atoms with van der Waals surface area (Å²) in [6.07, 6.45) is -4.72. The summed E-state index contributed by atoms with van der Waals surface area (Å²) >= 11 is 5.68. The third-order valence-electron chi connectivity index (χ3n) is 2.31. The molecule has 0 fully saturated rings. The zero-order chi connectivity index (χ0) is 14.2. The van der Waals surface area contributed by atoms with Crippen LogP contribution in [0.15, 0.2) is 22.7 Å². The van der Waals surface area contributed by atoms with Gasteiger partial charge in [0.05, 0.1) is 5.56 Å². The molecule has 0 N–H and O–H groups in total. The third-order valence-corrected chi connectivity index (χ3v) is 2.50. The lowest BCUT2D eigenvalue weighted by molar-refractivity contribution is -0.137. The van der Waals surface area contributed by atoms with Crippen molar-refractivity contribution < 1.29 is 22.1 Å². The lowest BCUT2D eigenvalue weighted by Gasteiger charge is -2.10. The quantitative estimate of drug-likeness (QED) is 0.615. The Morgan fingerprint density at radius 1 is 1.32 bits per heavy atom. The summed E-state index contributed by atoms with van der Waals surface area (Å²) < 4.78 is 56.1. The van der Waals surface area contributed by atoms with Crippen molar-refractivity contribution in [3.05, 3.63) is 35.5 Å². The first-order valence-corrected chi connectivity index (χ1v) is 5.57. The first-order chi connectivity index (χ1) is 8.79. The molecule has 0 aliphatic heterocycles. The number of halogens is 5. The van der Waals surface area contributed by atoms with E-state index < -0.39 is 22.9 Å². The molecule has 0 amide bonds. The summed E-state index contributed by atoms with van der Waals surface area (Å²) in [6.45, 7) is 1.54. The van der Waals surface area contributed by atoms with Gasteiger partial charge in [-0.3, -0.25) is 0 Å². The van der Waals surface area contributed by atoms with Gasteiger partial charge in [-0.1, -0.05) is 5.16 Å². The fraction of sp³-hybridized carbons (Fsp3) is 0.273. The molecule has 1 atom stereocenters. The molecule has 0 aliphatic carbocycles. The van der Waals surface area contributed by atoms with Gasteiger partial charge in [0.15, 0.2) is 0 Å². The molecule has 0 radical (unpaired) electrons. The van der Waals surface area contributed by atoms with Crippen LogP contribution in [0, 0.1) is 5.82 Å². The van der Waals surface area contributed by atoms with E-state index in [1.54, 1.807) is 0 Å². The number of hydrogen-bond donors (Lipinski definition) is 0. The zero-order valence-electron chi connectivity index (χ0n) is 9.50. The van der Waals surface area contributed by atoms with Crippen molar-refractivity contribution in [1.29, 1.82) is 0 Å². The van der Waals surface area contributed by atoms with Crippen LogP contribution in [0.4, 0.5) is 17.6 Å². The van der Waals surface area contributed by atoms with Crippen molar-refractivity contribution in [2.24, 2.45) is 0 Å². The second-order valence-corrected chi connectivity index (χ2v) is 4.41. The average Bonchev–Trinajstić information content (AvgIpc) is 2.77. The van der Waals surface area contributed by atoms with Crippen molar-refractivity contribution in [3.63, 3.8) is 0 Å². The standard InChI is InChI=1S/C11H7ClF4N2O/c1-5(12)10-17-9(18-19-10)7-3-2-6(13)4-8(7)11(14,15)16/h2-5H,1H3. The molecule has 8 heteroatoms. The molecule has 1 aromatic heterocycles. The van der Waals surface area contributed by atoms with Crippen molar-refractivity contribution in [2.45, 2.75) is 18.5 Å². The second-order valence-electron chi connectivity index (χ2n) is 3.76. The van der Waals surface area contributed by atoms with Crippen molar-refractivity contribution in [3.8, 4) is 11.4 Å². The van der Waals surface area contributed by atoms with E-state index >= 15 is 0 Å². The molecule has 0 bridgehead atoms. The molecule has 102 valence electrons. The summed E-state index contributed by atoms with van der Waals surface area (Å²) in [5.74, 6) is -1.28. The first-order valence-electron chi connectivity index (χ1n) is 5.14. The first kappa shape index (κ1) is 13.8. The smallest absolute Gasteiger partial charge is 0.337 e. The molecule has 1 unspecified atom stereocenters. The summed E-state index contributed by atoms with van der Waals surface area (Å²) in [7, 11) is 0. The van der Waals surface area contributed by atoms with Gasteiger partial charge >= 0.3 is 6.18 Å². The molecule has 0 saturated carbocycles. The lowest BCUT2D eigenvalue weighted by Crippen LogP contribution is -2.08. The third kappa shape index (κ3) is 2.86. The van der Waals surface area contributed by atoms with Crippen molar-refractivity contribution >= 4 is 11.6 Å². The molecular weight excluding hydrogens is 288 g/mol. The maximum Gasteiger partial charge on any atom is 0.417 e. The predicted molar refractivity (Wildman–Crippen MR) is 59.0 cm³/mol. The van der Waals surface area contributed by atoms with Crippen LogP contribution in [0.2, 0.25) is 0 Å². The minimum absolute atomic E-state index is 0.00545. The monoisotopic (exact) mass is 294 g/mol. The highest BCUT2D eigenvalue weighted by Gasteiger charge is 2.35. The number of benzene rings is 1. The molecule has 0 aliphatic rings. The molecule has 1 heterocycles. The van der Waals surface area contributed by atoms with E-state index in [9.17, 15) is 17.6 Å². The van der Waals surface area contributed by atoms with Crippen molar-refractivity contribution in [1.82, 2.24) is 10.1 Å². The summed E-state index contributed by atoms with van der Waals surface area (Å²) in [6, 6.07) is 2.23. The highest BCUT2D eigenvalue weighted by atomic mass is 35.5. The Morgan fingerprint density at radius 2 is 2.00 bits per heavy atom. The van der Waals surface area contributed by atoms with Crippen LogP contribution >= 0.6 is 11.6 Å². The molecule has 2 rings (SSSR count). The zero-order valence-corrected chi connectivity index (χ0v) is 10.3. The average molecular weight is 295 g/mol. The van der Waals surface area contributed by atoms with Crippen LogP contribution < -0.4 is 0 Å². The second kappa shape index (κ2) is 4.80. The minimum atomic E-state index is -4.72. The fourth-order valence-corrected chi connectivity index (χ4v) is 1.54. The van der Waals surface area contributed by atoms with E-state index in [4.69, 9.17) is 16.1 Å². The summed E-state index contributed by atoms with van der Waals surface area (Å²) in [4.78, 5) is 3.75. The van der Waals surface area contributed by atoms with Gasteiger partial charge in [-0.2, -0.15) is 18.2 Å². The van der Waals surface area contributed by atoms with Crippen LogP contribution in [-0.2, 0) is 6.18 Å². The molecular formula is C11H7ClF4N2O. The van der Waals surface area contributed by atoms with Gasteiger partial charge in [0.25, 0.3) is 0 Å². The van der Waals surface area contributed by atoms with Crippen LogP contribution in [0.5, 0.6) is 0 Å². The number of alkyl halides is 4. The minimum Gasteiger partial charge on any atom is -0.337 e. The molecule has 1 aromatic carbocycles. The lowest BCUT2D eigenvalue weighted by atomic mass is 10.1. The fourth-order valence-electron chi connectivity index (χ4n) is 1.45. The van der Waals surface area contributed by atoms with Gasteiger partial charge in [0.1, 0.15) is 11.2 Å². The highest BCUT2D eigenvalue weighted by molar-refractivity contribution is 6.20. The van der Waals surface area contributed by atoms with E-state index in [2.05, 4.69) is 10.1 Å². The molecule has 2 aromatic rings. The van der Waals surface area contributed by atoms with Crippen LogP contribution in [0.1, 0.15) is 23.8 Å². The van der Waals surface area contributed by atoms with Gasteiger partial charge in [0, 0.05) is 5.56 Å². The van der Waals surface area contributed by atoms with E-state index in [0.29, 0.717) is 6.07 Å². The predicted octanol–water partition coefficient (Wildman–Crippen LogP) is 4.19. The Bertz CT molecular complexity index is 595. The van der Waals surface area contributed by atoms with E-state index in [1.165, 1.54) is 6.92 Å². The Kier molecular flexibility index (Phi) is 3.49. The molecule has 0 spiro atoms. The maximum atomic E-state index is 12.9. The van der Waals surface area contributed by atoms with Crippen molar-refractivity contribution in [2.75, 3.05) is 0 Å². The Morgan fingerprint density at radius 3 is 2.53 bits per heavy atom. The van der Waals surface area contributed by atoms with Gasteiger partial charge in [0.2, 0.25) is 11.7 Å². The molecule has 3 nitrogen and oxygen atoms in total. The number of nitrogens with zero attached hydrogens (tertiary/aromatic N) is 2. The summed E-state index contributed by atoms with van der Waals surface area (Å²) in [5.41, 5.74) is -1.52. The number of aromatic nitrogens is 2. The van der Waals surface area contributed by atoms with E-state index in [0.717, 1.165) is 12.1 Å². The van der Waals surface area contributed by atoms with E-state index in [1.807, 2.05) is 0 Å². The Hall–Kier alpha value is -1.63. The Balaban J connectivity index is 2.55. The normalized spacial score (nSPS) is 13.6. The van der Waals surface area contributed by atoms with Crippen LogP contribution in [0.3, 0.4) is 0 Å². The SMILES string of the molecule is CC(Cl)c1nc(-c2ccc(F)cc2C(F)(F)F)no1. The largest absolute Gasteiger partial charge is 0.417 e. The van der Waals surface area contributed by atoms with Crippen LogP contribution in [-0.4, -0.2) is 10.1 Å². The number of hydrogen-bond acceptors (Lipinski definition) is 3. The molecule has 0 saturated heterocycles. The highest BCUT2D eigenvalue weighted by Crippen LogP contribution is 2.36. The topological polar surface area (TPSA) is 38.9 Å². The van der Waals surface area contributed by atoms with Gasteiger partial charge in [-0.15, -0.1) is 11.6 Å². The van der Waals surface area contributed by atoms with E-state index in [-0.39, 0.29) is 17.3 Å². The van der Waals surface area contributed by atoms with Crippen LogP contribution in [0.25, 0.3) is 11.4 Å². The maximum absolute atomic E-state index is 12.9. The number of rotatable bonds is 2. The van der Waals surface area contributed by atoms with Gasteiger partial charge in [-0.05, 0) is 25.1 Å².